The molecule has 1 aromatic heterocycles. The van der Waals surface area contributed by atoms with Crippen molar-refractivity contribution in [1.29, 1.82) is 0 Å². The van der Waals surface area contributed by atoms with E-state index in [1.165, 1.54) is 0 Å². The molecule has 1 amide bonds. The molecule has 6 heteroatoms. The number of nitrogens with zero attached hydrogens (tertiary/aromatic N) is 1. The standard InChI is InChI=1S/C15H16BrClN2O2/c1-19(2)13(14-4-3-7-21-14)9-18-15(20)11-6-5-10(17)8-12(11)16/h3-8,13H,9H2,1-2H3,(H,18,20). The minimum absolute atomic E-state index is 0.0185. The fourth-order valence-electron chi connectivity index (χ4n) is 1.98. The molecular formula is C15H16BrClN2O2. The van der Waals surface area contributed by atoms with Crippen LogP contribution in [0.4, 0.5) is 0 Å². The number of nitrogens with one attached hydrogen (secondary N) is 1. The first kappa shape index (κ1) is 16.1. The van der Waals surface area contributed by atoms with Crippen LogP contribution in [0, 0.1) is 0 Å². The van der Waals surface area contributed by atoms with Gasteiger partial charge >= 0.3 is 0 Å². The number of hydrogen-bond donors (Lipinski definition) is 1. The number of carbonyl (C=O) groups excluding carboxylic acids is 1. The SMILES string of the molecule is CN(C)C(CNC(=O)c1ccc(Cl)cc1Br)c1ccco1. The van der Waals surface area contributed by atoms with Crippen LogP contribution in [0.25, 0.3) is 0 Å². The van der Waals surface area contributed by atoms with Crippen molar-refractivity contribution in [2.45, 2.75) is 6.04 Å². The molecule has 0 saturated heterocycles. The van der Waals surface area contributed by atoms with E-state index in [1.807, 2.05) is 31.1 Å². The van der Waals surface area contributed by atoms with E-state index < -0.39 is 0 Å². The number of amides is 1. The van der Waals surface area contributed by atoms with Crippen LogP contribution in [0.3, 0.4) is 0 Å². The van der Waals surface area contributed by atoms with E-state index in [-0.39, 0.29) is 11.9 Å². The Balaban J connectivity index is 2.05. The van der Waals surface area contributed by atoms with Gasteiger partial charge in [-0.3, -0.25) is 9.69 Å². The minimum Gasteiger partial charge on any atom is -0.468 e. The second-order valence-electron chi connectivity index (χ2n) is 4.83. The highest BCUT2D eigenvalue weighted by molar-refractivity contribution is 9.10. The lowest BCUT2D eigenvalue weighted by Crippen LogP contribution is -2.34. The Bertz CT molecular complexity index is 614. The average molecular weight is 372 g/mol. The first-order valence-corrected chi connectivity index (χ1v) is 7.59. The van der Waals surface area contributed by atoms with Crippen LogP contribution in [0.5, 0.6) is 0 Å². The number of rotatable bonds is 5. The second kappa shape index (κ2) is 7.11. The molecule has 2 rings (SSSR count). The number of carbonyl (C=O) groups is 1. The van der Waals surface area contributed by atoms with Crippen LogP contribution in [-0.4, -0.2) is 31.4 Å². The van der Waals surface area contributed by atoms with Crippen LogP contribution in [0.2, 0.25) is 5.02 Å². The number of benzene rings is 1. The smallest absolute Gasteiger partial charge is 0.252 e. The third kappa shape index (κ3) is 4.09. The molecular weight excluding hydrogens is 356 g/mol. The summed E-state index contributed by atoms with van der Waals surface area (Å²) in [6.45, 7) is 0.453. The predicted octanol–water partition coefficient (Wildman–Crippen LogP) is 3.73. The van der Waals surface area contributed by atoms with Gasteiger partial charge in [0, 0.05) is 16.0 Å². The molecule has 1 N–H and O–H groups in total. The molecule has 1 aromatic carbocycles. The molecule has 0 bridgehead atoms. The number of likely N-dealkylation sites (N-methyl/N-ethyl adjacent to an activating group) is 1. The van der Waals surface area contributed by atoms with E-state index in [9.17, 15) is 4.79 Å². The first-order chi connectivity index (χ1) is 9.99. The van der Waals surface area contributed by atoms with E-state index in [2.05, 4.69) is 21.2 Å². The van der Waals surface area contributed by atoms with Gasteiger partial charge in [0.1, 0.15) is 5.76 Å². The van der Waals surface area contributed by atoms with Crippen LogP contribution >= 0.6 is 27.5 Å². The van der Waals surface area contributed by atoms with Crippen LogP contribution in [0.1, 0.15) is 22.2 Å². The molecule has 4 nitrogen and oxygen atoms in total. The van der Waals surface area contributed by atoms with Crippen LogP contribution < -0.4 is 5.32 Å². The summed E-state index contributed by atoms with van der Waals surface area (Å²) in [5.74, 6) is 0.660. The monoisotopic (exact) mass is 370 g/mol. The van der Waals surface area contributed by atoms with Gasteiger partial charge in [0.2, 0.25) is 0 Å². The normalized spacial score (nSPS) is 12.4. The quantitative estimate of drug-likeness (QED) is 0.871. The van der Waals surface area contributed by atoms with E-state index in [0.717, 1.165) is 5.76 Å². The molecule has 2 aromatic rings. The Morgan fingerprint density at radius 3 is 2.76 bits per heavy atom. The van der Waals surface area contributed by atoms with Crippen molar-refractivity contribution >= 4 is 33.4 Å². The minimum atomic E-state index is -0.156. The zero-order valence-electron chi connectivity index (χ0n) is 11.8. The van der Waals surface area contributed by atoms with Gasteiger partial charge in [-0.25, -0.2) is 0 Å². The van der Waals surface area contributed by atoms with Gasteiger partial charge in [-0.1, -0.05) is 11.6 Å². The summed E-state index contributed by atoms with van der Waals surface area (Å²) < 4.78 is 6.09. The van der Waals surface area contributed by atoms with Crippen molar-refractivity contribution in [2.75, 3.05) is 20.6 Å². The third-order valence-corrected chi connectivity index (χ3v) is 4.02. The van der Waals surface area contributed by atoms with Crippen LogP contribution in [-0.2, 0) is 0 Å². The Hall–Kier alpha value is -1.30. The van der Waals surface area contributed by atoms with E-state index in [4.69, 9.17) is 16.0 Å². The van der Waals surface area contributed by atoms with Crippen molar-refractivity contribution in [1.82, 2.24) is 10.2 Å². The third-order valence-electron chi connectivity index (χ3n) is 3.13. The summed E-state index contributed by atoms with van der Waals surface area (Å²) in [6, 6.07) is 8.80. The van der Waals surface area contributed by atoms with Gasteiger partial charge in [0.05, 0.1) is 17.9 Å². The predicted molar refractivity (Wildman–Crippen MR) is 86.6 cm³/mol. The van der Waals surface area contributed by atoms with Gasteiger partial charge in [-0.15, -0.1) is 0 Å². The van der Waals surface area contributed by atoms with Gasteiger partial charge < -0.3 is 9.73 Å². The first-order valence-electron chi connectivity index (χ1n) is 6.42. The van der Waals surface area contributed by atoms with Crippen LogP contribution in [0.15, 0.2) is 45.5 Å². The van der Waals surface area contributed by atoms with Gasteiger partial charge in [-0.2, -0.15) is 0 Å². The highest BCUT2D eigenvalue weighted by Crippen LogP contribution is 2.22. The lowest BCUT2D eigenvalue weighted by molar-refractivity contribution is 0.0938. The van der Waals surface area contributed by atoms with Gasteiger partial charge in [-0.05, 0) is 60.4 Å². The molecule has 0 radical (unpaired) electrons. The van der Waals surface area contributed by atoms with Crippen molar-refractivity contribution < 1.29 is 9.21 Å². The molecule has 0 saturated carbocycles. The molecule has 0 fully saturated rings. The van der Waals surface area contributed by atoms with Crippen molar-refractivity contribution in [2.24, 2.45) is 0 Å². The zero-order valence-corrected chi connectivity index (χ0v) is 14.1. The Kier molecular flexibility index (Phi) is 5.45. The topological polar surface area (TPSA) is 45.5 Å². The number of halogens is 2. The summed E-state index contributed by atoms with van der Waals surface area (Å²) in [5, 5.41) is 3.50. The summed E-state index contributed by atoms with van der Waals surface area (Å²) >= 11 is 9.23. The Labute approximate surface area is 137 Å². The molecule has 21 heavy (non-hydrogen) atoms. The summed E-state index contributed by atoms with van der Waals surface area (Å²) in [6.07, 6.45) is 1.63. The Morgan fingerprint density at radius 1 is 1.43 bits per heavy atom. The number of hydrogen-bond acceptors (Lipinski definition) is 3. The highest BCUT2D eigenvalue weighted by Gasteiger charge is 2.19. The van der Waals surface area contributed by atoms with Crippen molar-refractivity contribution in [3.8, 4) is 0 Å². The maximum atomic E-state index is 12.2. The maximum Gasteiger partial charge on any atom is 0.252 e. The second-order valence-corrected chi connectivity index (χ2v) is 6.12. The fourth-order valence-corrected chi connectivity index (χ4v) is 2.84. The molecule has 1 unspecified atom stereocenters. The highest BCUT2D eigenvalue weighted by atomic mass is 79.9. The van der Waals surface area contributed by atoms with E-state index >= 15 is 0 Å². The van der Waals surface area contributed by atoms with Crippen molar-refractivity contribution in [3.63, 3.8) is 0 Å². The molecule has 1 atom stereocenters. The van der Waals surface area contributed by atoms with Crippen molar-refractivity contribution in [3.05, 3.63) is 57.4 Å². The average Bonchev–Trinajstić information content (AvgIpc) is 2.92. The molecule has 0 aliphatic carbocycles. The van der Waals surface area contributed by atoms with E-state index in [0.29, 0.717) is 21.6 Å². The van der Waals surface area contributed by atoms with Gasteiger partial charge in [0.25, 0.3) is 5.91 Å². The Morgan fingerprint density at radius 2 is 2.19 bits per heavy atom. The molecule has 0 spiro atoms. The van der Waals surface area contributed by atoms with E-state index in [1.54, 1.807) is 24.5 Å². The summed E-state index contributed by atoms with van der Waals surface area (Å²) in [7, 11) is 3.88. The fraction of sp³-hybridized carbons (Fsp3) is 0.267. The molecule has 0 aliphatic rings. The number of furan rings is 1. The summed E-state index contributed by atoms with van der Waals surface area (Å²) in [5.41, 5.74) is 0.552. The zero-order chi connectivity index (χ0) is 15.4. The largest absolute Gasteiger partial charge is 0.468 e. The molecule has 0 aliphatic heterocycles. The lowest BCUT2D eigenvalue weighted by atomic mass is 10.2. The summed E-state index contributed by atoms with van der Waals surface area (Å²) in [4.78, 5) is 14.2. The maximum absolute atomic E-state index is 12.2. The molecule has 1 heterocycles. The lowest BCUT2D eigenvalue weighted by Gasteiger charge is -2.22. The molecule has 112 valence electrons. The van der Waals surface area contributed by atoms with Gasteiger partial charge in [0.15, 0.2) is 0 Å².